The summed E-state index contributed by atoms with van der Waals surface area (Å²) < 4.78 is 0. The number of rotatable bonds is 4. The summed E-state index contributed by atoms with van der Waals surface area (Å²) in [5, 5.41) is 9.34. The van der Waals surface area contributed by atoms with Crippen LogP contribution in [0.2, 0.25) is 0 Å². The predicted molar refractivity (Wildman–Crippen MR) is 88.8 cm³/mol. The second kappa shape index (κ2) is 5.92. The van der Waals surface area contributed by atoms with Gasteiger partial charge in [-0.3, -0.25) is 14.4 Å². The zero-order chi connectivity index (χ0) is 17.5. The number of benzene rings is 1. The third-order valence-electron chi connectivity index (χ3n) is 5.03. The summed E-state index contributed by atoms with van der Waals surface area (Å²) in [6.45, 7) is 2.27. The Bertz CT molecular complexity index is 698. The van der Waals surface area contributed by atoms with Crippen LogP contribution in [0.4, 0.5) is 5.69 Å². The van der Waals surface area contributed by atoms with Gasteiger partial charge in [0.25, 0.3) is 5.91 Å². The van der Waals surface area contributed by atoms with Gasteiger partial charge in [0.05, 0.1) is 16.7 Å². The molecule has 0 radical (unpaired) electrons. The van der Waals surface area contributed by atoms with Crippen molar-refractivity contribution < 1.29 is 19.5 Å². The van der Waals surface area contributed by atoms with E-state index in [9.17, 15) is 19.5 Å². The number of amides is 2. The van der Waals surface area contributed by atoms with Gasteiger partial charge in [-0.1, -0.05) is 12.1 Å². The first-order valence-corrected chi connectivity index (χ1v) is 8.23. The Kier molecular flexibility index (Phi) is 4.07. The van der Waals surface area contributed by atoms with E-state index in [1.165, 1.54) is 0 Å². The summed E-state index contributed by atoms with van der Waals surface area (Å²) in [5.74, 6) is -0.995. The molecule has 3 rings (SSSR count). The first kappa shape index (κ1) is 16.5. The molecule has 1 aliphatic heterocycles. The summed E-state index contributed by atoms with van der Waals surface area (Å²) in [5.41, 5.74) is 0.132. The lowest BCUT2D eigenvalue weighted by Gasteiger charge is -2.24. The molecule has 6 nitrogen and oxygen atoms in total. The maximum atomic E-state index is 12.9. The Morgan fingerprint density at radius 2 is 1.92 bits per heavy atom. The van der Waals surface area contributed by atoms with Crippen LogP contribution in [0.1, 0.15) is 36.5 Å². The normalized spacial score (nSPS) is 23.2. The number of carboxylic acid groups (broad SMARTS) is 1. The van der Waals surface area contributed by atoms with E-state index < -0.39 is 11.4 Å². The van der Waals surface area contributed by atoms with Gasteiger partial charge in [0.15, 0.2) is 0 Å². The molecule has 0 spiro atoms. The van der Waals surface area contributed by atoms with Crippen LogP contribution in [0.5, 0.6) is 0 Å². The summed E-state index contributed by atoms with van der Waals surface area (Å²) >= 11 is 0. The number of carbonyl (C=O) groups excluding carboxylic acids is 2. The van der Waals surface area contributed by atoms with Gasteiger partial charge in [-0.15, -0.1) is 0 Å². The number of para-hydroxylation sites is 1. The molecule has 1 atom stereocenters. The molecule has 0 aromatic heterocycles. The van der Waals surface area contributed by atoms with E-state index in [1.807, 2.05) is 0 Å². The van der Waals surface area contributed by atoms with Crippen molar-refractivity contribution in [3.63, 3.8) is 0 Å². The Labute approximate surface area is 141 Å². The number of anilines is 1. The van der Waals surface area contributed by atoms with E-state index in [1.54, 1.807) is 48.0 Å². The summed E-state index contributed by atoms with van der Waals surface area (Å²) in [6.07, 6.45) is 2.25. The zero-order valence-electron chi connectivity index (χ0n) is 14.0. The smallest absolute Gasteiger partial charge is 0.311 e. The Morgan fingerprint density at radius 3 is 2.50 bits per heavy atom. The number of aliphatic carboxylic acids is 1. The SMILES string of the molecule is CN(C(=O)C1CC1)c1ccccc1C(=O)N1CCC(C)(C(=O)O)C1. The third kappa shape index (κ3) is 2.88. The first-order chi connectivity index (χ1) is 11.3. The Morgan fingerprint density at radius 1 is 1.25 bits per heavy atom. The van der Waals surface area contributed by atoms with Crippen LogP contribution in [0.15, 0.2) is 24.3 Å². The highest BCUT2D eigenvalue weighted by molar-refractivity contribution is 6.05. The largest absolute Gasteiger partial charge is 0.481 e. The molecule has 1 heterocycles. The van der Waals surface area contributed by atoms with Crippen LogP contribution in [0.3, 0.4) is 0 Å². The molecule has 6 heteroatoms. The molecule has 1 saturated carbocycles. The molecule has 1 aromatic carbocycles. The van der Waals surface area contributed by atoms with E-state index in [0.717, 1.165) is 12.8 Å². The lowest BCUT2D eigenvalue weighted by molar-refractivity contribution is -0.147. The fourth-order valence-corrected chi connectivity index (χ4v) is 3.15. The van der Waals surface area contributed by atoms with Crippen LogP contribution in [0.25, 0.3) is 0 Å². The van der Waals surface area contributed by atoms with Gasteiger partial charge >= 0.3 is 5.97 Å². The Hall–Kier alpha value is -2.37. The fourth-order valence-electron chi connectivity index (χ4n) is 3.15. The van der Waals surface area contributed by atoms with Gasteiger partial charge in [-0.05, 0) is 38.3 Å². The summed E-state index contributed by atoms with van der Waals surface area (Å²) in [4.78, 5) is 39.7. The van der Waals surface area contributed by atoms with Gasteiger partial charge in [-0.25, -0.2) is 0 Å². The van der Waals surface area contributed by atoms with Crippen molar-refractivity contribution in [3.8, 4) is 0 Å². The van der Waals surface area contributed by atoms with E-state index >= 15 is 0 Å². The third-order valence-corrected chi connectivity index (χ3v) is 5.03. The van der Waals surface area contributed by atoms with Gasteiger partial charge in [-0.2, -0.15) is 0 Å². The van der Waals surface area contributed by atoms with E-state index in [2.05, 4.69) is 0 Å². The van der Waals surface area contributed by atoms with Gasteiger partial charge < -0.3 is 14.9 Å². The van der Waals surface area contributed by atoms with Crippen molar-refractivity contribution in [1.29, 1.82) is 0 Å². The minimum atomic E-state index is -0.902. The monoisotopic (exact) mass is 330 g/mol. The van der Waals surface area contributed by atoms with Crippen molar-refractivity contribution in [3.05, 3.63) is 29.8 Å². The van der Waals surface area contributed by atoms with Crippen LogP contribution in [-0.4, -0.2) is 47.9 Å². The van der Waals surface area contributed by atoms with Gasteiger partial charge in [0.1, 0.15) is 0 Å². The molecule has 24 heavy (non-hydrogen) atoms. The van der Waals surface area contributed by atoms with Crippen LogP contribution < -0.4 is 4.90 Å². The molecular formula is C18H22N2O4. The minimum Gasteiger partial charge on any atom is -0.481 e. The second-order valence-electron chi connectivity index (χ2n) is 7.03. The van der Waals surface area contributed by atoms with E-state index in [4.69, 9.17) is 0 Å². The molecule has 1 saturated heterocycles. The molecule has 1 unspecified atom stereocenters. The molecule has 1 N–H and O–H groups in total. The number of carbonyl (C=O) groups is 3. The zero-order valence-corrected chi connectivity index (χ0v) is 14.0. The molecule has 128 valence electrons. The standard InChI is InChI=1S/C18H22N2O4/c1-18(17(23)24)9-10-20(11-18)16(22)13-5-3-4-6-14(13)19(2)15(21)12-7-8-12/h3-6,12H,7-11H2,1-2H3,(H,23,24). The average Bonchev–Trinajstić information content (AvgIpc) is 3.35. The fraction of sp³-hybridized carbons (Fsp3) is 0.500. The average molecular weight is 330 g/mol. The minimum absolute atomic E-state index is 0.0343. The van der Waals surface area contributed by atoms with Crippen molar-refractivity contribution >= 4 is 23.5 Å². The highest BCUT2D eigenvalue weighted by atomic mass is 16.4. The lowest BCUT2D eigenvalue weighted by Crippen LogP contribution is -2.36. The van der Waals surface area contributed by atoms with Crippen LogP contribution in [-0.2, 0) is 9.59 Å². The maximum absolute atomic E-state index is 12.9. The van der Waals surface area contributed by atoms with E-state index in [-0.39, 0.29) is 24.3 Å². The molecular weight excluding hydrogens is 308 g/mol. The maximum Gasteiger partial charge on any atom is 0.311 e. The topological polar surface area (TPSA) is 77.9 Å². The second-order valence-corrected chi connectivity index (χ2v) is 7.03. The highest BCUT2D eigenvalue weighted by Crippen LogP contribution is 2.35. The van der Waals surface area contributed by atoms with E-state index in [0.29, 0.717) is 24.2 Å². The lowest BCUT2D eigenvalue weighted by atomic mass is 9.90. The predicted octanol–water partition coefficient (Wildman–Crippen LogP) is 2.00. The molecule has 2 amide bonds. The number of hydrogen-bond donors (Lipinski definition) is 1. The first-order valence-electron chi connectivity index (χ1n) is 8.23. The summed E-state index contributed by atoms with van der Waals surface area (Å²) in [7, 11) is 1.69. The number of likely N-dealkylation sites (tertiary alicyclic amines) is 1. The van der Waals surface area contributed by atoms with Crippen LogP contribution in [0, 0.1) is 11.3 Å². The van der Waals surface area contributed by atoms with Crippen molar-refractivity contribution in [2.24, 2.45) is 11.3 Å². The van der Waals surface area contributed by atoms with Crippen molar-refractivity contribution in [2.45, 2.75) is 26.2 Å². The highest BCUT2D eigenvalue weighted by Gasteiger charge is 2.43. The van der Waals surface area contributed by atoms with Gasteiger partial charge in [0, 0.05) is 26.1 Å². The number of hydrogen-bond acceptors (Lipinski definition) is 3. The molecule has 2 fully saturated rings. The Balaban J connectivity index is 1.83. The van der Waals surface area contributed by atoms with Crippen LogP contribution >= 0.6 is 0 Å². The summed E-state index contributed by atoms with van der Waals surface area (Å²) in [6, 6.07) is 7.03. The number of carboxylic acids is 1. The van der Waals surface area contributed by atoms with Crippen molar-refractivity contribution in [2.75, 3.05) is 25.0 Å². The molecule has 0 bridgehead atoms. The molecule has 2 aliphatic rings. The molecule has 1 aromatic rings. The quantitative estimate of drug-likeness (QED) is 0.916. The number of nitrogens with zero attached hydrogens (tertiary/aromatic N) is 2. The van der Waals surface area contributed by atoms with Gasteiger partial charge in [0.2, 0.25) is 5.91 Å². The molecule has 1 aliphatic carbocycles. The van der Waals surface area contributed by atoms with Crippen molar-refractivity contribution in [1.82, 2.24) is 4.90 Å².